The number of carbonyl (C=O) groups excluding carboxylic acids is 1. The molecule has 2 heterocycles. The lowest BCUT2D eigenvalue weighted by atomic mass is 9.65. The number of carbonyl (C=O) groups is 1. The van der Waals surface area contributed by atoms with E-state index in [1.165, 1.54) is 0 Å². The van der Waals surface area contributed by atoms with Crippen LogP contribution in [0.25, 0.3) is 0 Å². The summed E-state index contributed by atoms with van der Waals surface area (Å²) in [6, 6.07) is 0. The molecule has 1 aromatic heterocycles. The molecule has 2 fully saturated rings. The molecule has 1 N–H and O–H groups in total. The smallest absolute Gasteiger partial charge is 0.220 e. The van der Waals surface area contributed by atoms with Gasteiger partial charge in [-0.3, -0.25) is 19.7 Å². The molecule has 5 heteroatoms. The van der Waals surface area contributed by atoms with Crippen molar-refractivity contribution in [2.75, 3.05) is 20.6 Å². The quantitative estimate of drug-likeness (QED) is 0.883. The molecule has 1 amide bonds. The minimum absolute atomic E-state index is 0.0366. The number of aromatic nitrogens is 2. The fourth-order valence-corrected chi connectivity index (χ4v) is 3.77. The van der Waals surface area contributed by atoms with E-state index in [0.717, 1.165) is 37.9 Å². The molecule has 1 aliphatic carbocycles. The average Bonchev–Trinajstić information content (AvgIpc) is 2.82. The fraction of sp³-hybridized carbons (Fsp3) is 0.667. The Labute approximate surface area is 119 Å². The van der Waals surface area contributed by atoms with Crippen LogP contribution in [0.15, 0.2) is 18.6 Å². The predicted octanol–water partition coefficient (Wildman–Crippen LogP) is 1.31. The molecule has 0 radical (unpaired) electrons. The summed E-state index contributed by atoms with van der Waals surface area (Å²) in [6.45, 7) is 0.843. The molecular weight excluding hydrogens is 252 g/mol. The molecule has 2 aliphatic rings. The Kier molecular flexibility index (Phi) is 3.24. The third-order valence-electron chi connectivity index (χ3n) is 5.23. The Bertz CT molecular complexity index is 492. The first-order valence-electron chi connectivity index (χ1n) is 7.27. The largest absolute Gasteiger partial charge is 0.356 e. The zero-order chi connectivity index (χ0) is 14.2. The van der Waals surface area contributed by atoms with E-state index in [-0.39, 0.29) is 16.9 Å². The zero-order valence-corrected chi connectivity index (χ0v) is 12.2. The SMILES string of the molecule is CN(C)[C@]1(c2cnccn2)CC[C@@]2(CC1)CNC(=O)C2. The van der Waals surface area contributed by atoms with Crippen molar-refractivity contribution < 1.29 is 4.79 Å². The third kappa shape index (κ3) is 2.10. The van der Waals surface area contributed by atoms with Gasteiger partial charge in [-0.1, -0.05) is 0 Å². The van der Waals surface area contributed by atoms with Gasteiger partial charge in [-0.2, -0.15) is 0 Å². The minimum atomic E-state index is -0.0366. The monoisotopic (exact) mass is 274 g/mol. The maximum absolute atomic E-state index is 11.5. The van der Waals surface area contributed by atoms with Crippen LogP contribution in [0.1, 0.15) is 37.8 Å². The first-order chi connectivity index (χ1) is 9.56. The van der Waals surface area contributed by atoms with Crippen LogP contribution >= 0.6 is 0 Å². The van der Waals surface area contributed by atoms with Crippen LogP contribution in [0, 0.1) is 5.41 Å². The van der Waals surface area contributed by atoms with Crippen LogP contribution < -0.4 is 5.32 Å². The molecule has 108 valence electrons. The van der Waals surface area contributed by atoms with E-state index in [9.17, 15) is 4.79 Å². The first-order valence-corrected chi connectivity index (χ1v) is 7.27. The highest BCUT2D eigenvalue weighted by Crippen LogP contribution is 2.49. The van der Waals surface area contributed by atoms with E-state index in [2.05, 4.69) is 34.3 Å². The Morgan fingerprint density at radius 3 is 2.45 bits per heavy atom. The lowest BCUT2D eigenvalue weighted by Crippen LogP contribution is -2.47. The van der Waals surface area contributed by atoms with Crippen molar-refractivity contribution in [3.63, 3.8) is 0 Å². The molecule has 1 aliphatic heterocycles. The molecule has 1 saturated carbocycles. The molecule has 3 rings (SSSR count). The normalized spacial score (nSPS) is 33.6. The molecule has 20 heavy (non-hydrogen) atoms. The van der Waals surface area contributed by atoms with E-state index >= 15 is 0 Å². The highest BCUT2D eigenvalue weighted by Gasteiger charge is 2.48. The van der Waals surface area contributed by atoms with Crippen molar-refractivity contribution in [1.29, 1.82) is 0 Å². The number of nitrogens with zero attached hydrogens (tertiary/aromatic N) is 3. The van der Waals surface area contributed by atoms with E-state index < -0.39 is 0 Å². The molecule has 0 atom stereocenters. The van der Waals surface area contributed by atoms with Gasteiger partial charge in [0.1, 0.15) is 0 Å². The molecular formula is C15H22N4O. The van der Waals surface area contributed by atoms with Crippen LogP contribution in [-0.4, -0.2) is 41.4 Å². The van der Waals surface area contributed by atoms with Crippen molar-refractivity contribution >= 4 is 5.91 Å². The number of nitrogens with one attached hydrogen (secondary N) is 1. The van der Waals surface area contributed by atoms with E-state index in [0.29, 0.717) is 6.42 Å². The Morgan fingerprint density at radius 1 is 1.20 bits per heavy atom. The van der Waals surface area contributed by atoms with Crippen LogP contribution in [0.4, 0.5) is 0 Å². The maximum atomic E-state index is 11.5. The maximum Gasteiger partial charge on any atom is 0.220 e. The summed E-state index contributed by atoms with van der Waals surface area (Å²) in [5, 5.41) is 3.00. The fourth-order valence-electron chi connectivity index (χ4n) is 3.77. The van der Waals surface area contributed by atoms with Crippen molar-refractivity contribution in [2.24, 2.45) is 5.41 Å². The standard InChI is InChI=1S/C15H22N4O/c1-19(2)15(12-10-16-7-8-17-12)5-3-14(4-6-15)9-13(20)18-11-14/h7-8,10H,3-6,9,11H2,1-2H3,(H,18,20)/t14-,15+. The second kappa shape index (κ2) is 4.81. The number of hydrogen-bond donors (Lipinski definition) is 1. The summed E-state index contributed by atoms with van der Waals surface area (Å²) in [6.07, 6.45) is 10.3. The van der Waals surface area contributed by atoms with E-state index in [4.69, 9.17) is 0 Å². The van der Waals surface area contributed by atoms with Crippen molar-refractivity contribution in [3.8, 4) is 0 Å². The summed E-state index contributed by atoms with van der Waals surface area (Å²) in [4.78, 5) is 22.6. The highest BCUT2D eigenvalue weighted by molar-refractivity contribution is 5.79. The van der Waals surface area contributed by atoms with E-state index in [1.54, 1.807) is 12.4 Å². The zero-order valence-electron chi connectivity index (χ0n) is 12.2. The van der Waals surface area contributed by atoms with Gasteiger partial charge in [0.05, 0.1) is 17.4 Å². The minimum Gasteiger partial charge on any atom is -0.356 e. The van der Waals surface area contributed by atoms with Crippen LogP contribution in [0.5, 0.6) is 0 Å². The van der Waals surface area contributed by atoms with Crippen LogP contribution in [0.2, 0.25) is 0 Å². The van der Waals surface area contributed by atoms with Gasteiger partial charge in [0.15, 0.2) is 0 Å². The molecule has 1 aromatic rings. The predicted molar refractivity (Wildman–Crippen MR) is 75.9 cm³/mol. The van der Waals surface area contributed by atoms with Gasteiger partial charge in [0, 0.05) is 25.4 Å². The van der Waals surface area contributed by atoms with Gasteiger partial charge < -0.3 is 5.32 Å². The average molecular weight is 274 g/mol. The van der Waals surface area contributed by atoms with Gasteiger partial charge >= 0.3 is 0 Å². The summed E-state index contributed by atoms with van der Waals surface area (Å²) >= 11 is 0. The van der Waals surface area contributed by atoms with E-state index in [1.807, 2.05) is 6.20 Å². The molecule has 1 saturated heterocycles. The van der Waals surface area contributed by atoms with Crippen molar-refractivity contribution in [3.05, 3.63) is 24.3 Å². The topological polar surface area (TPSA) is 58.1 Å². The van der Waals surface area contributed by atoms with Gasteiger partial charge in [-0.15, -0.1) is 0 Å². The third-order valence-corrected chi connectivity index (χ3v) is 5.23. The van der Waals surface area contributed by atoms with Gasteiger partial charge in [0.2, 0.25) is 5.91 Å². The van der Waals surface area contributed by atoms with Crippen molar-refractivity contribution in [2.45, 2.75) is 37.6 Å². The number of amides is 1. The second-order valence-corrected chi connectivity index (χ2v) is 6.47. The first kappa shape index (κ1) is 13.5. The molecule has 0 bridgehead atoms. The van der Waals surface area contributed by atoms with Crippen LogP contribution in [0.3, 0.4) is 0 Å². The molecule has 0 unspecified atom stereocenters. The Balaban J connectivity index is 1.84. The molecule has 0 aromatic carbocycles. The summed E-state index contributed by atoms with van der Waals surface area (Å²) in [5.41, 5.74) is 1.20. The lowest BCUT2D eigenvalue weighted by Gasteiger charge is -2.47. The van der Waals surface area contributed by atoms with Crippen LogP contribution in [-0.2, 0) is 10.3 Å². The summed E-state index contributed by atoms with van der Waals surface area (Å²) in [7, 11) is 4.23. The summed E-state index contributed by atoms with van der Waals surface area (Å²) in [5.74, 6) is 0.210. The van der Waals surface area contributed by atoms with Gasteiger partial charge in [0.25, 0.3) is 0 Å². The molecule has 1 spiro atoms. The van der Waals surface area contributed by atoms with Gasteiger partial charge in [-0.05, 0) is 45.2 Å². The van der Waals surface area contributed by atoms with Gasteiger partial charge in [-0.25, -0.2) is 0 Å². The van der Waals surface area contributed by atoms with Crippen molar-refractivity contribution in [1.82, 2.24) is 20.2 Å². The lowest BCUT2D eigenvalue weighted by molar-refractivity contribution is -0.120. The number of rotatable bonds is 2. The highest BCUT2D eigenvalue weighted by atomic mass is 16.1. The Morgan fingerprint density at radius 2 is 1.95 bits per heavy atom. The second-order valence-electron chi connectivity index (χ2n) is 6.47. The summed E-state index contributed by atoms with van der Waals surface area (Å²) < 4.78 is 0. The Hall–Kier alpha value is -1.49. The number of hydrogen-bond acceptors (Lipinski definition) is 4. The molecule has 5 nitrogen and oxygen atoms in total.